The normalized spacial score (nSPS) is 17.1. The quantitative estimate of drug-likeness (QED) is 0.881. The molecule has 1 aliphatic rings. The average molecular weight is 324 g/mol. The summed E-state index contributed by atoms with van der Waals surface area (Å²) < 4.78 is 5.34. The fraction of sp³-hybridized carbons (Fsp3) is 0.350. The van der Waals surface area contributed by atoms with E-state index < -0.39 is 0 Å². The Morgan fingerprint density at radius 3 is 2.75 bits per heavy atom. The Morgan fingerprint density at radius 2 is 2.04 bits per heavy atom. The van der Waals surface area contributed by atoms with Crippen molar-refractivity contribution in [1.29, 1.82) is 0 Å². The zero-order valence-electron chi connectivity index (χ0n) is 14.3. The van der Waals surface area contributed by atoms with E-state index in [2.05, 4.69) is 19.1 Å². The molecule has 2 aromatic carbocycles. The number of carbonyl (C=O) groups excluding carboxylic acids is 1. The molecule has 1 unspecified atom stereocenters. The van der Waals surface area contributed by atoms with Gasteiger partial charge in [0, 0.05) is 18.3 Å². The third-order valence-corrected chi connectivity index (χ3v) is 4.86. The van der Waals surface area contributed by atoms with Crippen LogP contribution in [0.15, 0.2) is 42.5 Å². The molecule has 24 heavy (non-hydrogen) atoms. The lowest BCUT2D eigenvalue weighted by molar-refractivity contribution is 0.0682. The summed E-state index contributed by atoms with van der Waals surface area (Å²) in [5.74, 6) is 0.897. The number of hydrogen-bond donors (Lipinski definition) is 1. The van der Waals surface area contributed by atoms with Crippen LogP contribution in [0.25, 0.3) is 0 Å². The minimum atomic E-state index is 0.0275. The van der Waals surface area contributed by atoms with Crippen LogP contribution in [-0.2, 0) is 12.8 Å². The molecule has 0 radical (unpaired) electrons. The number of nitrogens with zero attached hydrogens (tertiary/aromatic N) is 1. The van der Waals surface area contributed by atoms with Crippen LogP contribution >= 0.6 is 0 Å². The Labute approximate surface area is 143 Å². The van der Waals surface area contributed by atoms with Gasteiger partial charge in [-0.05, 0) is 54.7 Å². The Balaban J connectivity index is 1.90. The van der Waals surface area contributed by atoms with E-state index in [0.717, 1.165) is 25.0 Å². The number of nitrogen functional groups attached to an aromatic ring is 1. The summed E-state index contributed by atoms with van der Waals surface area (Å²) in [4.78, 5) is 15.0. The number of ether oxygens (including phenoxy) is 1. The van der Waals surface area contributed by atoms with Crippen LogP contribution in [0, 0.1) is 0 Å². The number of para-hydroxylation sites is 1. The summed E-state index contributed by atoms with van der Waals surface area (Å²) in [5.41, 5.74) is 9.72. The maximum atomic E-state index is 13.0. The number of amides is 1. The van der Waals surface area contributed by atoms with Gasteiger partial charge < -0.3 is 15.4 Å². The summed E-state index contributed by atoms with van der Waals surface area (Å²) in [7, 11) is 1.68. The lowest BCUT2D eigenvalue weighted by atomic mass is 9.98. The summed E-state index contributed by atoms with van der Waals surface area (Å²) in [6.07, 6.45) is 2.62. The molecule has 0 aromatic heterocycles. The van der Waals surface area contributed by atoms with Crippen molar-refractivity contribution in [3.8, 4) is 5.75 Å². The number of fused-ring (bicyclic) bond motifs is 1. The van der Waals surface area contributed by atoms with Crippen molar-refractivity contribution in [1.82, 2.24) is 4.90 Å². The van der Waals surface area contributed by atoms with E-state index in [1.807, 2.05) is 29.2 Å². The first-order chi connectivity index (χ1) is 11.6. The minimum Gasteiger partial charge on any atom is -0.497 e. The van der Waals surface area contributed by atoms with Gasteiger partial charge in [-0.3, -0.25) is 4.79 Å². The van der Waals surface area contributed by atoms with Crippen LogP contribution in [0.5, 0.6) is 5.75 Å². The molecule has 1 heterocycles. The lowest BCUT2D eigenvalue weighted by Crippen LogP contribution is -2.41. The monoisotopic (exact) mass is 324 g/mol. The molecule has 0 saturated heterocycles. The van der Waals surface area contributed by atoms with Gasteiger partial charge in [-0.15, -0.1) is 0 Å². The molecule has 1 amide bonds. The van der Waals surface area contributed by atoms with Gasteiger partial charge in [0.1, 0.15) is 5.75 Å². The molecule has 4 nitrogen and oxygen atoms in total. The summed E-state index contributed by atoms with van der Waals surface area (Å²) in [6, 6.07) is 13.7. The van der Waals surface area contributed by atoms with Crippen molar-refractivity contribution in [3.63, 3.8) is 0 Å². The van der Waals surface area contributed by atoms with Gasteiger partial charge in [-0.1, -0.05) is 25.1 Å². The SMILES string of the molecule is CCC1Cc2ccc(OC)cc2CCN1C(=O)c1ccccc1N. The molecule has 0 aliphatic carbocycles. The van der Waals surface area contributed by atoms with E-state index in [1.165, 1.54) is 11.1 Å². The highest BCUT2D eigenvalue weighted by molar-refractivity contribution is 5.99. The first kappa shape index (κ1) is 16.4. The Kier molecular flexibility index (Phi) is 4.74. The third kappa shape index (κ3) is 3.09. The second-order valence-corrected chi connectivity index (χ2v) is 6.24. The van der Waals surface area contributed by atoms with Crippen LogP contribution in [0.2, 0.25) is 0 Å². The number of benzene rings is 2. The van der Waals surface area contributed by atoms with Crippen LogP contribution in [-0.4, -0.2) is 30.5 Å². The number of hydrogen-bond acceptors (Lipinski definition) is 3. The average Bonchev–Trinajstić information content (AvgIpc) is 2.80. The van der Waals surface area contributed by atoms with Gasteiger partial charge in [0.2, 0.25) is 0 Å². The highest BCUT2D eigenvalue weighted by Gasteiger charge is 2.28. The van der Waals surface area contributed by atoms with Crippen LogP contribution < -0.4 is 10.5 Å². The predicted octanol–water partition coefficient (Wildman–Crippen LogP) is 3.30. The van der Waals surface area contributed by atoms with Crippen molar-refractivity contribution >= 4 is 11.6 Å². The molecule has 0 saturated carbocycles. The maximum absolute atomic E-state index is 13.0. The van der Waals surface area contributed by atoms with Crippen LogP contribution in [0.4, 0.5) is 5.69 Å². The first-order valence-corrected chi connectivity index (χ1v) is 8.45. The van der Waals surface area contributed by atoms with E-state index in [9.17, 15) is 4.79 Å². The predicted molar refractivity (Wildman–Crippen MR) is 96.4 cm³/mol. The number of rotatable bonds is 3. The van der Waals surface area contributed by atoms with Crippen molar-refractivity contribution in [3.05, 3.63) is 59.2 Å². The smallest absolute Gasteiger partial charge is 0.256 e. The van der Waals surface area contributed by atoms with Gasteiger partial charge in [-0.25, -0.2) is 0 Å². The van der Waals surface area contributed by atoms with Gasteiger partial charge >= 0.3 is 0 Å². The topological polar surface area (TPSA) is 55.6 Å². The fourth-order valence-corrected chi connectivity index (χ4v) is 3.43. The van der Waals surface area contributed by atoms with E-state index in [4.69, 9.17) is 10.5 Å². The molecule has 0 spiro atoms. The molecule has 2 aromatic rings. The van der Waals surface area contributed by atoms with Crippen molar-refractivity contribution in [2.24, 2.45) is 0 Å². The standard InChI is InChI=1S/C20H24N2O2/c1-3-16-12-14-8-9-17(24-2)13-15(14)10-11-22(16)20(23)18-6-4-5-7-19(18)21/h4-9,13,16H,3,10-12,21H2,1-2H3. The van der Waals surface area contributed by atoms with Gasteiger partial charge in [-0.2, -0.15) is 0 Å². The summed E-state index contributed by atoms with van der Waals surface area (Å²) >= 11 is 0. The molecule has 126 valence electrons. The van der Waals surface area contributed by atoms with Crippen LogP contribution in [0.1, 0.15) is 34.8 Å². The zero-order chi connectivity index (χ0) is 17.1. The van der Waals surface area contributed by atoms with Crippen molar-refractivity contribution in [2.75, 3.05) is 19.4 Å². The maximum Gasteiger partial charge on any atom is 0.256 e. The molecule has 2 N–H and O–H groups in total. The molecule has 0 bridgehead atoms. The molecule has 4 heteroatoms. The van der Waals surface area contributed by atoms with Crippen molar-refractivity contribution < 1.29 is 9.53 Å². The molecule has 0 fully saturated rings. The molecule has 3 rings (SSSR count). The Morgan fingerprint density at radius 1 is 1.25 bits per heavy atom. The number of methoxy groups -OCH3 is 1. The second kappa shape index (κ2) is 6.95. The number of nitrogens with two attached hydrogens (primary N) is 1. The Bertz CT molecular complexity index is 742. The van der Waals surface area contributed by atoms with Gasteiger partial charge in [0.05, 0.1) is 12.7 Å². The van der Waals surface area contributed by atoms with E-state index in [1.54, 1.807) is 13.2 Å². The zero-order valence-corrected chi connectivity index (χ0v) is 14.3. The van der Waals surface area contributed by atoms with Gasteiger partial charge in [0.25, 0.3) is 5.91 Å². The number of carbonyl (C=O) groups is 1. The first-order valence-electron chi connectivity index (χ1n) is 8.45. The minimum absolute atomic E-state index is 0.0275. The second-order valence-electron chi connectivity index (χ2n) is 6.24. The fourth-order valence-electron chi connectivity index (χ4n) is 3.43. The van der Waals surface area contributed by atoms with Crippen molar-refractivity contribution in [2.45, 2.75) is 32.2 Å². The van der Waals surface area contributed by atoms with Crippen LogP contribution in [0.3, 0.4) is 0 Å². The molecular formula is C20H24N2O2. The summed E-state index contributed by atoms with van der Waals surface area (Å²) in [6.45, 7) is 2.83. The largest absolute Gasteiger partial charge is 0.497 e. The third-order valence-electron chi connectivity index (χ3n) is 4.86. The Hall–Kier alpha value is -2.49. The summed E-state index contributed by atoms with van der Waals surface area (Å²) in [5, 5.41) is 0. The van der Waals surface area contributed by atoms with E-state index >= 15 is 0 Å². The van der Waals surface area contributed by atoms with E-state index in [0.29, 0.717) is 17.8 Å². The lowest BCUT2D eigenvalue weighted by Gasteiger charge is -2.30. The van der Waals surface area contributed by atoms with Gasteiger partial charge in [0.15, 0.2) is 0 Å². The molecule has 1 atom stereocenters. The number of anilines is 1. The highest BCUT2D eigenvalue weighted by Crippen LogP contribution is 2.27. The molecule has 1 aliphatic heterocycles. The van der Waals surface area contributed by atoms with E-state index in [-0.39, 0.29) is 11.9 Å². The highest BCUT2D eigenvalue weighted by atomic mass is 16.5. The molecular weight excluding hydrogens is 300 g/mol.